The van der Waals surface area contributed by atoms with Gasteiger partial charge in [0.1, 0.15) is 11.6 Å². The van der Waals surface area contributed by atoms with Gasteiger partial charge in [-0.15, -0.1) is 5.10 Å². The predicted octanol–water partition coefficient (Wildman–Crippen LogP) is 3.75. The number of hydrogen-bond donors (Lipinski definition) is 1. The number of carbonyl (C=O) groups is 1. The molecule has 1 aliphatic rings. The third-order valence-corrected chi connectivity index (χ3v) is 5.05. The van der Waals surface area contributed by atoms with Crippen molar-refractivity contribution in [3.63, 3.8) is 0 Å². The van der Waals surface area contributed by atoms with Crippen LogP contribution in [0.4, 0.5) is 14.6 Å². The second-order valence-corrected chi connectivity index (χ2v) is 7.54. The van der Waals surface area contributed by atoms with Gasteiger partial charge >= 0.3 is 0 Å². The molecule has 32 heavy (non-hydrogen) atoms. The van der Waals surface area contributed by atoms with Crippen molar-refractivity contribution in [1.29, 1.82) is 0 Å². The van der Waals surface area contributed by atoms with Gasteiger partial charge in [0.25, 0.3) is 5.91 Å². The SMILES string of the molecule is Fc1ccccc1.O=C(N[C@H]1CCN(c2ccc3nccn3n2)C1)c1ncc(Cl)cc1F. The molecule has 1 aromatic carbocycles. The molecule has 0 aliphatic carbocycles. The van der Waals surface area contributed by atoms with Crippen LogP contribution in [-0.4, -0.2) is 44.6 Å². The van der Waals surface area contributed by atoms with Gasteiger partial charge in [0, 0.05) is 37.7 Å². The molecule has 4 aromatic rings. The third-order valence-electron chi connectivity index (χ3n) is 4.84. The number of nitrogens with zero attached hydrogens (tertiary/aromatic N) is 5. The summed E-state index contributed by atoms with van der Waals surface area (Å²) >= 11 is 5.66. The number of imidazole rings is 1. The molecule has 4 heterocycles. The Bertz CT molecular complexity index is 1220. The van der Waals surface area contributed by atoms with Crippen molar-refractivity contribution < 1.29 is 13.6 Å². The number of aromatic nitrogens is 4. The van der Waals surface area contributed by atoms with Gasteiger partial charge in [0.05, 0.1) is 5.02 Å². The van der Waals surface area contributed by atoms with Crippen LogP contribution < -0.4 is 10.2 Å². The van der Waals surface area contributed by atoms with Gasteiger partial charge in [-0.05, 0) is 36.8 Å². The highest BCUT2D eigenvalue weighted by molar-refractivity contribution is 6.30. The average molecular weight is 457 g/mol. The fraction of sp³-hybridized carbons (Fsp3) is 0.182. The minimum Gasteiger partial charge on any atom is -0.353 e. The molecule has 0 saturated carbocycles. The summed E-state index contributed by atoms with van der Waals surface area (Å²) in [5.41, 5.74) is 0.526. The van der Waals surface area contributed by atoms with E-state index in [-0.39, 0.29) is 22.6 Å². The Hall–Kier alpha value is -3.59. The number of hydrogen-bond acceptors (Lipinski definition) is 5. The lowest BCUT2D eigenvalue weighted by Gasteiger charge is -2.17. The zero-order valence-electron chi connectivity index (χ0n) is 16.8. The van der Waals surface area contributed by atoms with Gasteiger partial charge < -0.3 is 10.2 Å². The molecule has 0 unspecified atom stereocenters. The number of carbonyl (C=O) groups excluding carboxylic acids is 1. The van der Waals surface area contributed by atoms with Gasteiger partial charge in [0.2, 0.25) is 0 Å². The molecule has 0 bridgehead atoms. The number of nitrogens with one attached hydrogen (secondary N) is 1. The summed E-state index contributed by atoms with van der Waals surface area (Å²) in [5.74, 6) is -0.647. The smallest absolute Gasteiger partial charge is 0.273 e. The quantitative estimate of drug-likeness (QED) is 0.508. The molecular weight excluding hydrogens is 438 g/mol. The van der Waals surface area contributed by atoms with Crippen LogP contribution in [0.3, 0.4) is 0 Å². The first-order chi connectivity index (χ1) is 15.5. The van der Waals surface area contributed by atoms with E-state index in [2.05, 4.69) is 25.3 Å². The molecule has 1 aliphatic heterocycles. The summed E-state index contributed by atoms with van der Waals surface area (Å²) < 4.78 is 27.4. The van der Waals surface area contributed by atoms with E-state index in [1.807, 2.05) is 12.1 Å². The molecule has 1 fully saturated rings. The lowest BCUT2D eigenvalue weighted by atomic mass is 10.2. The number of halogens is 3. The molecule has 0 spiro atoms. The molecule has 164 valence electrons. The molecule has 3 aromatic heterocycles. The van der Waals surface area contributed by atoms with E-state index in [1.165, 1.54) is 18.3 Å². The number of anilines is 1. The zero-order valence-corrected chi connectivity index (χ0v) is 17.6. The summed E-state index contributed by atoms with van der Waals surface area (Å²) in [6, 6.07) is 12.7. The van der Waals surface area contributed by atoms with Crippen molar-refractivity contribution in [2.45, 2.75) is 12.5 Å². The van der Waals surface area contributed by atoms with Crippen LogP contribution in [-0.2, 0) is 0 Å². The first kappa shape index (κ1) is 21.6. The van der Waals surface area contributed by atoms with Gasteiger partial charge in [0.15, 0.2) is 17.2 Å². The van der Waals surface area contributed by atoms with Crippen LogP contribution in [0.1, 0.15) is 16.9 Å². The Labute approximate surface area is 187 Å². The number of amides is 1. The lowest BCUT2D eigenvalue weighted by molar-refractivity contribution is 0.0931. The minimum atomic E-state index is -0.730. The summed E-state index contributed by atoms with van der Waals surface area (Å²) in [7, 11) is 0. The molecule has 7 nitrogen and oxygen atoms in total. The number of pyridine rings is 1. The largest absolute Gasteiger partial charge is 0.353 e. The van der Waals surface area contributed by atoms with Crippen molar-refractivity contribution in [3.8, 4) is 0 Å². The Morgan fingerprint density at radius 1 is 1.12 bits per heavy atom. The van der Waals surface area contributed by atoms with Crippen molar-refractivity contribution in [2.24, 2.45) is 0 Å². The predicted molar refractivity (Wildman–Crippen MR) is 117 cm³/mol. The lowest BCUT2D eigenvalue weighted by Crippen LogP contribution is -2.38. The minimum absolute atomic E-state index is 0.107. The van der Waals surface area contributed by atoms with Crippen LogP contribution >= 0.6 is 11.6 Å². The highest BCUT2D eigenvalue weighted by Crippen LogP contribution is 2.19. The summed E-state index contributed by atoms with van der Waals surface area (Å²) in [4.78, 5) is 22.2. The Morgan fingerprint density at radius 3 is 2.66 bits per heavy atom. The standard InChI is InChI=1S/C16H14ClFN6O.C6H5F/c17-10-7-12(18)15(20-8-10)16(25)21-11-3-5-23(9-11)14-2-1-13-19-4-6-24(13)22-14;7-6-4-2-1-3-5-6/h1-2,4,6-8,11H,3,5,9H2,(H,21,25);1-5H/t11-;/m0./s1. The van der Waals surface area contributed by atoms with E-state index >= 15 is 0 Å². The Kier molecular flexibility index (Phi) is 6.55. The van der Waals surface area contributed by atoms with E-state index in [4.69, 9.17) is 11.6 Å². The van der Waals surface area contributed by atoms with Crippen molar-refractivity contribution in [3.05, 3.63) is 89.5 Å². The number of rotatable bonds is 3. The maximum Gasteiger partial charge on any atom is 0.273 e. The first-order valence-corrected chi connectivity index (χ1v) is 10.3. The molecule has 1 atom stereocenters. The fourth-order valence-electron chi connectivity index (χ4n) is 3.31. The molecule has 10 heteroatoms. The number of benzene rings is 1. The second kappa shape index (κ2) is 9.69. The highest BCUT2D eigenvalue weighted by atomic mass is 35.5. The summed E-state index contributed by atoms with van der Waals surface area (Å²) in [6.45, 7) is 1.34. The third kappa shape index (κ3) is 5.17. The normalized spacial score (nSPS) is 15.3. The summed E-state index contributed by atoms with van der Waals surface area (Å²) in [5, 5.41) is 7.46. The topological polar surface area (TPSA) is 75.4 Å². The van der Waals surface area contributed by atoms with Crippen LogP contribution in [0.5, 0.6) is 0 Å². The maximum absolute atomic E-state index is 13.8. The Morgan fingerprint density at radius 2 is 1.94 bits per heavy atom. The van der Waals surface area contributed by atoms with E-state index in [0.717, 1.165) is 30.5 Å². The number of fused-ring (bicyclic) bond motifs is 1. The van der Waals surface area contributed by atoms with Crippen molar-refractivity contribution >= 4 is 29.0 Å². The van der Waals surface area contributed by atoms with Crippen LogP contribution in [0.25, 0.3) is 5.65 Å². The van der Waals surface area contributed by atoms with Gasteiger partial charge in [-0.1, -0.05) is 29.8 Å². The van der Waals surface area contributed by atoms with E-state index in [0.29, 0.717) is 6.54 Å². The van der Waals surface area contributed by atoms with Crippen molar-refractivity contribution in [1.82, 2.24) is 24.9 Å². The van der Waals surface area contributed by atoms with Gasteiger partial charge in [-0.2, -0.15) is 0 Å². The van der Waals surface area contributed by atoms with E-state index < -0.39 is 11.7 Å². The average Bonchev–Trinajstić information content (AvgIpc) is 3.43. The molecule has 1 saturated heterocycles. The van der Waals surface area contributed by atoms with Crippen LogP contribution in [0.2, 0.25) is 5.02 Å². The van der Waals surface area contributed by atoms with E-state index in [9.17, 15) is 13.6 Å². The zero-order chi connectivity index (χ0) is 22.5. The highest BCUT2D eigenvalue weighted by Gasteiger charge is 2.26. The Balaban J connectivity index is 0.000000300. The molecular formula is C22H19ClF2N6O. The molecule has 1 amide bonds. The van der Waals surface area contributed by atoms with Crippen molar-refractivity contribution in [2.75, 3.05) is 18.0 Å². The van der Waals surface area contributed by atoms with Gasteiger partial charge in [-0.25, -0.2) is 23.3 Å². The van der Waals surface area contributed by atoms with Gasteiger partial charge in [-0.3, -0.25) is 4.79 Å². The first-order valence-electron chi connectivity index (χ1n) is 9.87. The summed E-state index contributed by atoms with van der Waals surface area (Å²) in [6.07, 6.45) is 5.46. The van der Waals surface area contributed by atoms with Crippen LogP contribution in [0, 0.1) is 11.6 Å². The maximum atomic E-state index is 13.8. The fourth-order valence-corrected chi connectivity index (χ4v) is 3.45. The molecule has 5 rings (SSSR count). The second-order valence-electron chi connectivity index (χ2n) is 7.11. The monoisotopic (exact) mass is 456 g/mol. The molecule has 0 radical (unpaired) electrons. The van der Waals surface area contributed by atoms with E-state index in [1.54, 1.807) is 35.1 Å². The van der Waals surface area contributed by atoms with Crippen LogP contribution in [0.15, 0.2) is 67.1 Å². The molecule has 1 N–H and O–H groups in total.